The zero-order chi connectivity index (χ0) is 10.7. The van der Waals surface area contributed by atoms with Gasteiger partial charge in [0, 0.05) is 12.4 Å². The van der Waals surface area contributed by atoms with Gasteiger partial charge in [-0.3, -0.25) is 4.98 Å². The first-order valence-electron chi connectivity index (χ1n) is 5.21. The third kappa shape index (κ3) is 2.45. The van der Waals surface area contributed by atoms with Crippen molar-refractivity contribution in [2.45, 2.75) is 18.9 Å². The minimum atomic E-state index is 0.202. The average molecular weight is 227 g/mol. The SMILES string of the molecule is NCC1CCNC(c2nccnc2Cl)C1. The molecule has 1 aromatic rings. The van der Waals surface area contributed by atoms with E-state index in [1.165, 1.54) is 0 Å². The normalized spacial score (nSPS) is 26.5. The van der Waals surface area contributed by atoms with Gasteiger partial charge in [-0.2, -0.15) is 0 Å². The Morgan fingerprint density at radius 3 is 3.00 bits per heavy atom. The molecule has 0 saturated carbocycles. The minimum Gasteiger partial charge on any atom is -0.330 e. The summed E-state index contributed by atoms with van der Waals surface area (Å²) in [6, 6.07) is 0.202. The largest absolute Gasteiger partial charge is 0.330 e. The molecule has 0 radical (unpaired) electrons. The Hall–Kier alpha value is -0.710. The Bertz CT molecular complexity index is 331. The van der Waals surface area contributed by atoms with Crippen molar-refractivity contribution in [3.63, 3.8) is 0 Å². The number of halogens is 1. The van der Waals surface area contributed by atoms with Crippen LogP contribution in [-0.4, -0.2) is 23.1 Å². The highest BCUT2D eigenvalue weighted by Crippen LogP contribution is 2.28. The summed E-state index contributed by atoms with van der Waals surface area (Å²) in [6.45, 7) is 1.70. The summed E-state index contributed by atoms with van der Waals surface area (Å²) in [5, 5.41) is 3.89. The number of hydrogen-bond acceptors (Lipinski definition) is 4. The first kappa shape index (κ1) is 10.8. The molecular formula is C10H15ClN4. The van der Waals surface area contributed by atoms with Crippen LogP contribution in [0.5, 0.6) is 0 Å². The molecule has 2 rings (SSSR count). The maximum Gasteiger partial charge on any atom is 0.152 e. The lowest BCUT2D eigenvalue weighted by atomic mass is 9.91. The molecule has 2 atom stereocenters. The van der Waals surface area contributed by atoms with Crippen molar-refractivity contribution in [3.8, 4) is 0 Å². The number of nitrogens with one attached hydrogen (secondary N) is 1. The Balaban J connectivity index is 2.13. The predicted octanol–water partition coefficient (Wildman–Crippen LogP) is 1.13. The summed E-state index contributed by atoms with van der Waals surface area (Å²) < 4.78 is 0. The second-order valence-electron chi connectivity index (χ2n) is 3.87. The highest BCUT2D eigenvalue weighted by Gasteiger charge is 2.24. The molecule has 1 saturated heterocycles. The monoisotopic (exact) mass is 226 g/mol. The second-order valence-corrected chi connectivity index (χ2v) is 4.22. The molecule has 4 nitrogen and oxygen atoms in total. The van der Waals surface area contributed by atoms with Gasteiger partial charge in [0.05, 0.1) is 11.7 Å². The van der Waals surface area contributed by atoms with Crippen molar-refractivity contribution in [3.05, 3.63) is 23.2 Å². The van der Waals surface area contributed by atoms with Gasteiger partial charge < -0.3 is 11.1 Å². The van der Waals surface area contributed by atoms with Crippen molar-refractivity contribution >= 4 is 11.6 Å². The fourth-order valence-corrected chi connectivity index (χ4v) is 2.22. The van der Waals surface area contributed by atoms with Crippen LogP contribution in [0, 0.1) is 5.92 Å². The number of aromatic nitrogens is 2. The van der Waals surface area contributed by atoms with Crippen LogP contribution in [0.3, 0.4) is 0 Å². The van der Waals surface area contributed by atoms with Gasteiger partial charge in [-0.25, -0.2) is 4.98 Å². The lowest BCUT2D eigenvalue weighted by Gasteiger charge is -2.29. The molecule has 2 unspecified atom stereocenters. The maximum absolute atomic E-state index is 6.00. The van der Waals surface area contributed by atoms with E-state index >= 15 is 0 Å². The van der Waals surface area contributed by atoms with Gasteiger partial charge in [0.25, 0.3) is 0 Å². The van der Waals surface area contributed by atoms with Gasteiger partial charge in [-0.1, -0.05) is 11.6 Å². The fraction of sp³-hybridized carbons (Fsp3) is 0.600. The van der Waals surface area contributed by atoms with Crippen molar-refractivity contribution in [2.75, 3.05) is 13.1 Å². The van der Waals surface area contributed by atoms with Crippen LogP contribution in [0.15, 0.2) is 12.4 Å². The summed E-state index contributed by atoms with van der Waals surface area (Å²) in [6.07, 6.45) is 5.41. The van der Waals surface area contributed by atoms with Crippen LogP contribution in [0.2, 0.25) is 5.15 Å². The molecule has 2 heterocycles. The molecule has 15 heavy (non-hydrogen) atoms. The molecule has 5 heteroatoms. The zero-order valence-electron chi connectivity index (χ0n) is 8.49. The number of rotatable bonds is 2. The number of nitrogens with zero attached hydrogens (tertiary/aromatic N) is 2. The van der Waals surface area contributed by atoms with Gasteiger partial charge in [0.2, 0.25) is 0 Å². The van der Waals surface area contributed by atoms with E-state index in [-0.39, 0.29) is 6.04 Å². The third-order valence-corrected chi connectivity index (χ3v) is 3.15. The Morgan fingerprint density at radius 1 is 1.47 bits per heavy atom. The minimum absolute atomic E-state index is 0.202. The molecule has 82 valence electrons. The van der Waals surface area contributed by atoms with Crippen LogP contribution >= 0.6 is 11.6 Å². The third-order valence-electron chi connectivity index (χ3n) is 2.86. The van der Waals surface area contributed by atoms with Gasteiger partial charge in [0.15, 0.2) is 5.15 Å². The lowest BCUT2D eigenvalue weighted by Crippen LogP contribution is -2.35. The standard InChI is InChI=1S/C10H15ClN4/c11-10-9(14-3-4-15-10)8-5-7(6-12)1-2-13-8/h3-4,7-8,13H,1-2,5-6,12H2. The van der Waals surface area contributed by atoms with Crippen LogP contribution in [0.4, 0.5) is 0 Å². The quantitative estimate of drug-likeness (QED) is 0.794. The van der Waals surface area contributed by atoms with Gasteiger partial charge >= 0.3 is 0 Å². The Labute approximate surface area is 94.2 Å². The van der Waals surface area contributed by atoms with E-state index in [1.54, 1.807) is 12.4 Å². The van der Waals surface area contributed by atoms with Crippen molar-refractivity contribution in [1.29, 1.82) is 0 Å². The van der Waals surface area contributed by atoms with Gasteiger partial charge in [-0.15, -0.1) is 0 Å². The molecule has 1 aliphatic heterocycles. The van der Waals surface area contributed by atoms with E-state index in [2.05, 4.69) is 15.3 Å². The molecule has 0 aromatic carbocycles. The predicted molar refractivity (Wildman–Crippen MR) is 59.6 cm³/mol. The summed E-state index contributed by atoms with van der Waals surface area (Å²) in [5.41, 5.74) is 6.53. The molecule has 1 fully saturated rings. The maximum atomic E-state index is 6.00. The first-order valence-corrected chi connectivity index (χ1v) is 5.59. The van der Waals surface area contributed by atoms with E-state index in [1.807, 2.05) is 0 Å². The number of piperidine rings is 1. The molecule has 0 amide bonds. The first-order chi connectivity index (χ1) is 7.31. The van der Waals surface area contributed by atoms with Crippen molar-refractivity contribution in [1.82, 2.24) is 15.3 Å². The highest BCUT2D eigenvalue weighted by atomic mass is 35.5. The van der Waals surface area contributed by atoms with Crippen LogP contribution < -0.4 is 11.1 Å². The molecule has 0 aliphatic carbocycles. The van der Waals surface area contributed by atoms with E-state index in [4.69, 9.17) is 17.3 Å². The Kier molecular flexibility index (Phi) is 3.51. The summed E-state index contributed by atoms with van der Waals surface area (Å²) in [7, 11) is 0. The molecule has 0 bridgehead atoms. The van der Waals surface area contributed by atoms with Crippen LogP contribution in [-0.2, 0) is 0 Å². The van der Waals surface area contributed by atoms with E-state index in [9.17, 15) is 0 Å². The van der Waals surface area contributed by atoms with E-state index < -0.39 is 0 Å². The molecule has 3 N–H and O–H groups in total. The van der Waals surface area contributed by atoms with Crippen LogP contribution in [0.25, 0.3) is 0 Å². The number of hydrogen-bond donors (Lipinski definition) is 2. The fourth-order valence-electron chi connectivity index (χ4n) is 1.98. The molecule has 1 aromatic heterocycles. The molecular weight excluding hydrogens is 212 g/mol. The van der Waals surface area contributed by atoms with E-state index in [0.717, 1.165) is 31.6 Å². The Morgan fingerprint density at radius 2 is 2.27 bits per heavy atom. The number of nitrogens with two attached hydrogens (primary N) is 1. The summed E-state index contributed by atoms with van der Waals surface area (Å²) >= 11 is 6.00. The summed E-state index contributed by atoms with van der Waals surface area (Å²) in [5.74, 6) is 0.564. The molecule has 0 spiro atoms. The topological polar surface area (TPSA) is 63.8 Å². The highest BCUT2D eigenvalue weighted by molar-refractivity contribution is 6.30. The molecule has 1 aliphatic rings. The van der Waals surface area contributed by atoms with Crippen molar-refractivity contribution in [2.24, 2.45) is 11.7 Å². The van der Waals surface area contributed by atoms with Gasteiger partial charge in [-0.05, 0) is 31.8 Å². The van der Waals surface area contributed by atoms with E-state index in [0.29, 0.717) is 11.1 Å². The van der Waals surface area contributed by atoms with Gasteiger partial charge in [0.1, 0.15) is 0 Å². The average Bonchev–Trinajstić information content (AvgIpc) is 2.30. The lowest BCUT2D eigenvalue weighted by molar-refractivity contribution is 0.307. The second kappa shape index (κ2) is 4.88. The van der Waals surface area contributed by atoms with Crippen LogP contribution in [0.1, 0.15) is 24.6 Å². The van der Waals surface area contributed by atoms with Crippen molar-refractivity contribution < 1.29 is 0 Å². The zero-order valence-corrected chi connectivity index (χ0v) is 9.24. The smallest absolute Gasteiger partial charge is 0.152 e. The summed E-state index contributed by atoms with van der Waals surface area (Å²) in [4.78, 5) is 8.31.